The monoisotopic (exact) mass is 874 g/mol. The summed E-state index contributed by atoms with van der Waals surface area (Å²) < 4.78 is 95.6. The van der Waals surface area contributed by atoms with Crippen LogP contribution >= 0.6 is 37.9 Å². The van der Waals surface area contributed by atoms with Crippen LogP contribution < -0.4 is 11.5 Å². The summed E-state index contributed by atoms with van der Waals surface area (Å²) in [7, 11) is -21.9. The summed E-state index contributed by atoms with van der Waals surface area (Å²) in [5, 5.41) is 20.9. The fraction of sp³-hybridized carbons (Fsp3) is 0.545. The molecule has 4 aromatic heterocycles. The molecule has 55 heavy (non-hydrogen) atoms. The van der Waals surface area contributed by atoms with Gasteiger partial charge in [0.15, 0.2) is 34.7 Å². The van der Waals surface area contributed by atoms with E-state index in [4.69, 9.17) is 37.6 Å². The first-order valence-corrected chi connectivity index (χ1v) is 24.1. The molecule has 0 saturated carbocycles. The fourth-order valence-electron chi connectivity index (χ4n) is 5.57. The summed E-state index contributed by atoms with van der Waals surface area (Å²) in [5.41, 5.74) is 12.6. The Morgan fingerprint density at radius 1 is 0.673 bits per heavy atom. The molecule has 2 radical (unpaired) electrons. The molecule has 2 saturated heterocycles. The number of aliphatic hydroxyl groups excluding tert-OH is 2. The molecule has 2 fully saturated rings. The van der Waals surface area contributed by atoms with Crippen molar-refractivity contribution in [3.8, 4) is 0 Å². The number of nitrogen functional groups attached to an aromatic ring is 2. The summed E-state index contributed by atoms with van der Waals surface area (Å²) in [5.74, 6) is -3.39. The second-order valence-corrected chi connectivity index (χ2v) is 22.4. The van der Waals surface area contributed by atoms with Gasteiger partial charge in [0.25, 0.3) is 7.47 Å². The van der Waals surface area contributed by atoms with Crippen LogP contribution in [0.2, 0.25) is 0 Å². The maximum atomic E-state index is 12.7. The molecule has 10 atom stereocenters. The lowest BCUT2D eigenvalue weighted by Gasteiger charge is -2.24. The molecule has 6 heterocycles. The molecule has 33 heteroatoms. The van der Waals surface area contributed by atoms with Crippen LogP contribution in [-0.2, 0) is 50.0 Å². The summed E-state index contributed by atoms with van der Waals surface area (Å²) in [6.45, 7) is -1.62. The predicted octanol–water partition coefficient (Wildman–Crippen LogP) is 0.127. The minimum absolute atomic E-state index is 0.0609. The second kappa shape index (κ2) is 15.6. The minimum atomic E-state index is -5.61. The highest BCUT2D eigenvalue weighted by molar-refractivity contribution is 7.89. The number of nitrogens with zero attached hydrogens (tertiary/aromatic N) is 8. The zero-order valence-corrected chi connectivity index (χ0v) is 32.2. The highest BCUT2D eigenvalue weighted by Crippen LogP contribution is 2.72. The molecule has 2 aliphatic heterocycles. The maximum absolute atomic E-state index is 12.7. The summed E-state index contributed by atoms with van der Waals surface area (Å²) in [6, 6.07) is 0. The van der Waals surface area contributed by atoms with Crippen molar-refractivity contribution in [2.45, 2.75) is 49.7 Å². The predicted molar refractivity (Wildman–Crippen MR) is 185 cm³/mol. The Balaban J connectivity index is 0.980. The fourth-order valence-corrected chi connectivity index (χ4v) is 15.2. The Labute approximate surface area is 309 Å². The van der Waals surface area contributed by atoms with E-state index in [0.717, 1.165) is 0 Å². The number of anilines is 2. The van der Waals surface area contributed by atoms with E-state index >= 15 is 0 Å². The SMILES string of the molecule is [B]P(=O)(OP(=O)(O)CP(=O)(O)OC[C@H]1O[C@@H](n2cnc3c(N)ncnc32)C[C@@H]1O)OP(=O)(O)CP(=O)(O)OC[C@H]1O[C@@H](n2cnc3c(N)ncnc32)C[C@@H]1O. The van der Waals surface area contributed by atoms with E-state index in [1.807, 2.05) is 0 Å². The first-order valence-electron chi connectivity index (χ1n) is 15.4. The van der Waals surface area contributed by atoms with Gasteiger partial charge >= 0.3 is 30.4 Å². The number of nitrogens with two attached hydrogens (primary N) is 2. The molecule has 300 valence electrons. The van der Waals surface area contributed by atoms with Crippen molar-refractivity contribution >= 4 is 79.4 Å². The molecule has 2 aliphatic rings. The Morgan fingerprint density at radius 2 is 1.05 bits per heavy atom. The summed E-state index contributed by atoms with van der Waals surface area (Å²) in [6.07, 6.45) is -1.94. The van der Waals surface area contributed by atoms with Crippen molar-refractivity contribution in [3.05, 3.63) is 25.3 Å². The van der Waals surface area contributed by atoms with Crippen LogP contribution in [0, 0.1) is 0 Å². The van der Waals surface area contributed by atoms with Crippen LogP contribution in [0.15, 0.2) is 25.3 Å². The zero-order chi connectivity index (χ0) is 40.1. The van der Waals surface area contributed by atoms with Gasteiger partial charge in [-0.3, -0.25) is 32.0 Å². The third kappa shape index (κ3) is 10.1. The van der Waals surface area contributed by atoms with Crippen LogP contribution in [0.4, 0.5) is 11.6 Å². The average Bonchev–Trinajstić information content (AvgIpc) is 3.82. The van der Waals surface area contributed by atoms with Crippen molar-refractivity contribution in [1.29, 1.82) is 0 Å². The van der Waals surface area contributed by atoms with E-state index in [1.165, 1.54) is 34.4 Å². The molecule has 4 unspecified atom stereocenters. The molecule has 0 aromatic carbocycles. The van der Waals surface area contributed by atoms with Gasteiger partial charge in [-0.05, 0) is 0 Å². The molecule has 0 aliphatic carbocycles. The van der Waals surface area contributed by atoms with Crippen LogP contribution in [-0.4, -0.2) is 126 Å². The van der Waals surface area contributed by atoms with E-state index in [9.17, 15) is 52.6 Å². The molecule has 0 amide bonds. The highest BCUT2D eigenvalue weighted by Gasteiger charge is 2.45. The molecule has 27 nitrogen and oxygen atoms in total. The van der Waals surface area contributed by atoms with Crippen LogP contribution in [0.1, 0.15) is 25.3 Å². The van der Waals surface area contributed by atoms with E-state index in [0.29, 0.717) is 0 Å². The second-order valence-electron chi connectivity index (χ2n) is 12.2. The van der Waals surface area contributed by atoms with Gasteiger partial charge in [-0.15, -0.1) is 0 Å². The van der Waals surface area contributed by atoms with Gasteiger partial charge < -0.3 is 59.8 Å². The molecule has 4 aromatic rings. The van der Waals surface area contributed by atoms with Gasteiger partial charge in [0.2, 0.25) is 7.57 Å². The first kappa shape index (κ1) is 42.1. The largest absolute Gasteiger partial charge is 0.390 e. The van der Waals surface area contributed by atoms with E-state index < -0.39 is 99.7 Å². The number of hydrogen-bond acceptors (Lipinski definition) is 21. The van der Waals surface area contributed by atoms with Crippen molar-refractivity contribution in [2.75, 3.05) is 36.5 Å². The summed E-state index contributed by atoms with van der Waals surface area (Å²) >= 11 is 0. The van der Waals surface area contributed by atoms with Crippen molar-refractivity contribution in [1.82, 2.24) is 39.0 Å². The quantitative estimate of drug-likeness (QED) is 0.0547. The maximum Gasteiger partial charge on any atom is 0.346 e. The number of aromatic nitrogens is 8. The van der Waals surface area contributed by atoms with Gasteiger partial charge in [-0.1, -0.05) is 0 Å². The first-order chi connectivity index (χ1) is 25.5. The number of ether oxygens (including phenoxy) is 2. The van der Waals surface area contributed by atoms with E-state index in [1.54, 1.807) is 0 Å². The lowest BCUT2D eigenvalue weighted by atomic mass is 10.2. The van der Waals surface area contributed by atoms with Gasteiger partial charge in [0.05, 0.1) is 38.1 Å². The molecule has 0 spiro atoms. The lowest BCUT2D eigenvalue weighted by molar-refractivity contribution is -0.0395. The normalized spacial score (nSPS) is 28.7. The Bertz CT molecular complexity index is 2160. The van der Waals surface area contributed by atoms with Crippen LogP contribution in [0.25, 0.3) is 22.3 Å². The van der Waals surface area contributed by atoms with Crippen molar-refractivity contribution in [2.24, 2.45) is 0 Å². The van der Waals surface area contributed by atoms with Crippen LogP contribution in [0.5, 0.6) is 0 Å². The minimum Gasteiger partial charge on any atom is -0.390 e. The number of hydrogen-bond donors (Lipinski definition) is 8. The van der Waals surface area contributed by atoms with Crippen LogP contribution in [0.3, 0.4) is 0 Å². The van der Waals surface area contributed by atoms with E-state index in [-0.39, 0.29) is 46.8 Å². The Hall–Kier alpha value is -2.57. The molecular weight excluding hydrogens is 842 g/mol. The Morgan fingerprint density at radius 3 is 1.44 bits per heavy atom. The van der Waals surface area contributed by atoms with Gasteiger partial charge in [0.1, 0.15) is 48.4 Å². The smallest absolute Gasteiger partial charge is 0.346 e. The molecule has 10 N–H and O–H groups in total. The lowest BCUT2D eigenvalue weighted by Crippen LogP contribution is -2.26. The Kier molecular flexibility index (Phi) is 12.0. The van der Waals surface area contributed by atoms with Gasteiger partial charge in [-0.25, -0.2) is 38.5 Å². The number of imidazole rings is 2. The van der Waals surface area contributed by atoms with Gasteiger partial charge in [0, 0.05) is 12.8 Å². The molecule has 6 rings (SSSR count). The third-order valence-electron chi connectivity index (χ3n) is 7.88. The van der Waals surface area contributed by atoms with Gasteiger partial charge in [-0.2, -0.15) is 0 Å². The van der Waals surface area contributed by atoms with Crippen molar-refractivity contribution in [3.63, 3.8) is 0 Å². The highest BCUT2D eigenvalue weighted by atomic mass is 31.3. The standard InChI is InChI=1S/C22H32BN10O17P5/c23-55(44,49-53(40,41)9-51(36,37)45-3-13-11(34)1-15(47-13)32-7-30-17-19(24)26-5-28-21(17)32)50-54(42,43)10-52(38,39)46-4-14-12(35)2-16(48-14)33-8-31-18-20(25)27-6-29-22(18)33/h5-8,11-16,34-35H,1-4,9-10H2,(H,36,37)(H,38,39)(H,40,41)(H,42,43)(H2,24,26,28)(H2,25,27,29)/t11-,12-,13+,14+,15+,16+/m0/s1. The topological polar surface area (TPSA) is 401 Å². The molecule has 0 bridgehead atoms. The number of aliphatic hydroxyl groups is 2. The number of fused-ring (bicyclic) bond motifs is 2. The number of rotatable bonds is 16. The molecular formula is C22H32BN10O17P5. The van der Waals surface area contributed by atoms with Crippen molar-refractivity contribution < 1.29 is 79.8 Å². The average molecular weight is 874 g/mol. The summed E-state index contributed by atoms with van der Waals surface area (Å²) in [4.78, 5) is 64.7. The van der Waals surface area contributed by atoms with E-state index in [2.05, 4.69) is 38.5 Å². The zero-order valence-electron chi connectivity index (χ0n) is 27.7. The third-order valence-corrected chi connectivity index (χ3v) is 18.6.